The molecule has 126 valence electrons. The van der Waals surface area contributed by atoms with Gasteiger partial charge in [-0.1, -0.05) is 0 Å². The van der Waals surface area contributed by atoms with Gasteiger partial charge in [0.25, 0.3) is 0 Å². The van der Waals surface area contributed by atoms with E-state index in [0.717, 1.165) is 16.3 Å². The monoisotopic (exact) mass is 432 g/mol. The van der Waals surface area contributed by atoms with Crippen molar-refractivity contribution in [2.75, 3.05) is 0 Å². The van der Waals surface area contributed by atoms with Crippen molar-refractivity contribution in [3.8, 4) is 5.75 Å². The minimum atomic E-state index is -2.55. The Kier molecular flexibility index (Phi) is 9.90. The fraction of sp³-hybridized carbons (Fsp3) is 0.684. The first-order chi connectivity index (χ1) is 10.6. The van der Waals surface area contributed by atoms with E-state index >= 15 is 0 Å². The number of halogens is 1. The summed E-state index contributed by atoms with van der Waals surface area (Å²) in [7, 11) is 0. The van der Waals surface area contributed by atoms with E-state index in [0.29, 0.717) is 0 Å². The van der Waals surface area contributed by atoms with Gasteiger partial charge in [-0.15, -0.1) is 0 Å². The predicted octanol–water partition coefficient (Wildman–Crippen LogP) is 7.37. The molecular formula is C19H33ClOSn. The molecule has 1 nitrogen and oxygen atoms in total. The van der Waals surface area contributed by atoms with Crippen molar-refractivity contribution in [1.82, 2.24) is 0 Å². The van der Waals surface area contributed by atoms with Crippen LogP contribution >= 0.6 is 11.6 Å². The first kappa shape index (κ1) is 20.2. The molecule has 1 rings (SSSR count). The first-order valence-electron chi connectivity index (χ1n) is 9.02. The van der Waals surface area contributed by atoms with Crippen LogP contribution in [0.5, 0.6) is 5.75 Å². The number of unbranched alkanes of at least 4 members (excludes halogenated alkanes) is 3. The van der Waals surface area contributed by atoms with Crippen molar-refractivity contribution in [2.45, 2.75) is 79.5 Å². The second-order valence-corrected chi connectivity index (χ2v) is 18.5. The summed E-state index contributed by atoms with van der Waals surface area (Å²) in [5.74, 6) is 1.07. The standard InChI is InChI=1S/C7H7ClO.3C4H9.Sn/c1-5-4-6(9)2-3-7(5)8;3*1-3-4-2;/h2-4,9H,1H3;3*1,3-4H2,2H3;/q;;;;+1/p-1. The van der Waals surface area contributed by atoms with Gasteiger partial charge in [-0.05, 0) is 0 Å². The van der Waals surface area contributed by atoms with E-state index in [1.54, 1.807) is 0 Å². The van der Waals surface area contributed by atoms with Crippen LogP contribution in [-0.4, -0.2) is 18.8 Å². The van der Waals surface area contributed by atoms with Gasteiger partial charge in [-0.3, -0.25) is 0 Å². The minimum absolute atomic E-state index is 0.837. The van der Waals surface area contributed by atoms with E-state index in [9.17, 15) is 0 Å². The molecule has 0 spiro atoms. The van der Waals surface area contributed by atoms with Gasteiger partial charge in [0.15, 0.2) is 0 Å². The molecule has 1 aromatic carbocycles. The van der Waals surface area contributed by atoms with Gasteiger partial charge in [0.05, 0.1) is 0 Å². The number of rotatable bonds is 11. The van der Waals surface area contributed by atoms with Crippen molar-refractivity contribution in [1.29, 1.82) is 0 Å². The average molecular weight is 432 g/mol. The van der Waals surface area contributed by atoms with Crippen LogP contribution in [0.25, 0.3) is 0 Å². The molecule has 0 bridgehead atoms. The quantitative estimate of drug-likeness (QED) is 0.332. The molecule has 0 amide bonds. The van der Waals surface area contributed by atoms with Crippen LogP contribution in [0, 0.1) is 6.92 Å². The Hall–Kier alpha value is 0.109. The predicted molar refractivity (Wildman–Crippen MR) is 102 cm³/mol. The number of hydrogen-bond acceptors (Lipinski definition) is 1. The summed E-state index contributed by atoms with van der Waals surface area (Å²) in [6.07, 6.45) is 7.82. The molecule has 0 heterocycles. The fourth-order valence-electron chi connectivity index (χ4n) is 2.96. The zero-order valence-corrected chi connectivity index (χ0v) is 18.5. The van der Waals surface area contributed by atoms with Gasteiger partial charge < -0.3 is 0 Å². The normalized spacial score (nSPS) is 11.7. The van der Waals surface area contributed by atoms with Crippen LogP contribution in [0.2, 0.25) is 18.3 Å². The topological polar surface area (TPSA) is 9.23 Å². The Bertz CT molecular complexity index is 412. The second-order valence-electron chi connectivity index (χ2n) is 6.51. The Labute approximate surface area is 147 Å². The van der Waals surface area contributed by atoms with Gasteiger partial charge in [-0.2, -0.15) is 0 Å². The summed E-state index contributed by atoms with van der Waals surface area (Å²) in [6, 6.07) is 6.20. The van der Waals surface area contributed by atoms with Crippen molar-refractivity contribution in [3.63, 3.8) is 0 Å². The SMILES string of the molecule is CCC[CH2][Sn]([CH2]CCC)([CH2]CCC)[O]c1ccc(Cl)c(C)c1. The summed E-state index contributed by atoms with van der Waals surface area (Å²) in [4.78, 5) is 0. The van der Waals surface area contributed by atoms with E-state index in [1.807, 2.05) is 6.07 Å². The molecular weight excluding hydrogens is 398 g/mol. The van der Waals surface area contributed by atoms with E-state index in [2.05, 4.69) is 39.8 Å². The Balaban J connectivity index is 2.94. The van der Waals surface area contributed by atoms with Crippen LogP contribution in [0.1, 0.15) is 64.9 Å². The van der Waals surface area contributed by atoms with Crippen molar-refractivity contribution in [2.24, 2.45) is 0 Å². The summed E-state index contributed by atoms with van der Waals surface area (Å²) < 4.78 is 10.9. The van der Waals surface area contributed by atoms with Gasteiger partial charge >= 0.3 is 148 Å². The molecule has 0 aliphatic rings. The molecule has 1 aromatic rings. The zero-order valence-electron chi connectivity index (χ0n) is 14.9. The molecule has 0 aliphatic heterocycles. The van der Waals surface area contributed by atoms with Gasteiger partial charge in [-0.25, -0.2) is 0 Å². The Morgan fingerprint density at radius 1 is 0.909 bits per heavy atom. The second kappa shape index (κ2) is 10.8. The molecule has 0 saturated heterocycles. The zero-order chi connectivity index (χ0) is 16.4. The Morgan fingerprint density at radius 3 is 1.82 bits per heavy atom. The maximum atomic E-state index is 6.80. The number of benzene rings is 1. The van der Waals surface area contributed by atoms with Crippen LogP contribution in [0.3, 0.4) is 0 Å². The molecule has 0 aliphatic carbocycles. The van der Waals surface area contributed by atoms with Gasteiger partial charge in [0.2, 0.25) is 0 Å². The van der Waals surface area contributed by atoms with E-state index in [-0.39, 0.29) is 0 Å². The number of hydrogen-bond donors (Lipinski definition) is 0. The van der Waals surface area contributed by atoms with Crippen molar-refractivity contribution in [3.05, 3.63) is 28.8 Å². The van der Waals surface area contributed by atoms with Gasteiger partial charge in [0.1, 0.15) is 0 Å². The van der Waals surface area contributed by atoms with Crippen LogP contribution in [0.4, 0.5) is 0 Å². The van der Waals surface area contributed by atoms with E-state index in [4.69, 9.17) is 14.7 Å². The van der Waals surface area contributed by atoms with Crippen molar-refractivity contribution >= 4 is 30.4 Å². The fourth-order valence-corrected chi connectivity index (χ4v) is 16.4. The van der Waals surface area contributed by atoms with E-state index in [1.165, 1.54) is 51.8 Å². The molecule has 0 aromatic heterocycles. The summed E-state index contributed by atoms with van der Waals surface area (Å²) >= 11 is 3.62. The van der Waals surface area contributed by atoms with Crippen LogP contribution < -0.4 is 3.07 Å². The third kappa shape index (κ3) is 6.70. The third-order valence-corrected chi connectivity index (χ3v) is 17.6. The molecule has 0 fully saturated rings. The molecule has 0 atom stereocenters. The Morgan fingerprint density at radius 2 is 1.41 bits per heavy atom. The number of aryl methyl sites for hydroxylation is 1. The third-order valence-electron chi connectivity index (χ3n) is 4.42. The molecule has 22 heavy (non-hydrogen) atoms. The van der Waals surface area contributed by atoms with Gasteiger partial charge in [0, 0.05) is 0 Å². The van der Waals surface area contributed by atoms with E-state index < -0.39 is 18.8 Å². The molecule has 3 heteroatoms. The summed E-state index contributed by atoms with van der Waals surface area (Å²) in [5.41, 5.74) is 1.13. The maximum absolute atomic E-state index is 6.80. The summed E-state index contributed by atoms with van der Waals surface area (Å²) in [6.45, 7) is 8.95. The average Bonchev–Trinajstić information content (AvgIpc) is 2.52. The first-order valence-corrected chi connectivity index (χ1v) is 16.6. The molecule has 0 N–H and O–H groups in total. The molecule has 0 unspecified atom stereocenters. The van der Waals surface area contributed by atoms with Crippen LogP contribution in [-0.2, 0) is 0 Å². The van der Waals surface area contributed by atoms with Crippen molar-refractivity contribution < 1.29 is 3.07 Å². The van der Waals surface area contributed by atoms with Crippen LogP contribution in [0.15, 0.2) is 18.2 Å². The molecule has 0 radical (unpaired) electrons. The molecule has 0 saturated carbocycles. The summed E-state index contributed by atoms with van der Waals surface area (Å²) in [5, 5.41) is 0.837.